The predicted octanol–water partition coefficient (Wildman–Crippen LogP) is 2.41. The van der Waals surface area contributed by atoms with E-state index in [9.17, 15) is 25.3 Å². The average molecular weight is 442 g/mol. The highest BCUT2D eigenvalue weighted by molar-refractivity contribution is 9.10. The van der Waals surface area contributed by atoms with Gasteiger partial charge in [0.15, 0.2) is 0 Å². The van der Waals surface area contributed by atoms with Gasteiger partial charge in [0.05, 0.1) is 21.5 Å². The number of aromatic nitrogens is 1. The van der Waals surface area contributed by atoms with E-state index in [0.29, 0.717) is 13.0 Å². The van der Waals surface area contributed by atoms with E-state index in [2.05, 4.69) is 26.2 Å². The highest BCUT2D eigenvalue weighted by atomic mass is 79.9. The molecular weight excluding hydrogens is 422 g/mol. The first-order valence-electron chi connectivity index (χ1n) is 8.19. The molecule has 0 radical (unpaired) electrons. The van der Waals surface area contributed by atoms with Gasteiger partial charge in [-0.05, 0) is 43.1 Å². The van der Waals surface area contributed by atoms with Crippen LogP contribution in [0.5, 0.6) is 0 Å². The van der Waals surface area contributed by atoms with Gasteiger partial charge in [-0.25, -0.2) is 9.78 Å². The van der Waals surface area contributed by atoms with Crippen LogP contribution in [0.2, 0.25) is 0 Å². The van der Waals surface area contributed by atoms with Gasteiger partial charge in [0, 0.05) is 13.1 Å². The second-order valence-corrected chi connectivity index (χ2v) is 7.88. The molecule has 2 heterocycles. The van der Waals surface area contributed by atoms with Gasteiger partial charge < -0.3 is 20.1 Å². The Balaban J connectivity index is 2.19. The average Bonchev–Trinajstić information content (AvgIpc) is 2.56. The molecule has 0 spiro atoms. The minimum absolute atomic E-state index is 0.126. The summed E-state index contributed by atoms with van der Waals surface area (Å²) in [5.41, 5.74) is -1.23. The van der Waals surface area contributed by atoms with Gasteiger partial charge in [0.2, 0.25) is 0 Å². The van der Waals surface area contributed by atoms with Gasteiger partial charge in [-0.2, -0.15) is 5.26 Å². The first-order chi connectivity index (χ1) is 12.5. The van der Waals surface area contributed by atoms with Crippen molar-refractivity contribution >= 4 is 33.5 Å². The third-order valence-corrected chi connectivity index (χ3v) is 4.63. The van der Waals surface area contributed by atoms with Gasteiger partial charge in [0.1, 0.15) is 29.2 Å². The van der Waals surface area contributed by atoms with Crippen LogP contribution in [0.4, 0.5) is 16.3 Å². The molecule has 1 fully saturated rings. The molecule has 10 nitrogen and oxygen atoms in total. The van der Waals surface area contributed by atoms with Crippen LogP contribution in [0.1, 0.15) is 32.8 Å². The van der Waals surface area contributed by atoms with Crippen molar-refractivity contribution in [3.8, 4) is 6.07 Å². The Kier molecular flexibility index (Phi) is 6.22. The fraction of sp³-hybridized carbons (Fsp3) is 0.562. The summed E-state index contributed by atoms with van der Waals surface area (Å²) in [7, 11) is 0. The number of hydrogen-bond acceptors (Lipinski definition) is 8. The molecule has 1 aromatic rings. The predicted molar refractivity (Wildman–Crippen MR) is 99.1 cm³/mol. The number of nitrogens with one attached hydrogen (secondary N) is 1. The van der Waals surface area contributed by atoms with Gasteiger partial charge in [-0.3, -0.25) is 10.1 Å². The van der Waals surface area contributed by atoms with Crippen LogP contribution in [0.15, 0.2) is 10.7 Å². The van der Waals surface area contributed by atoms with E-state index in [0.717, 1.165) is 6.20 Å². The molecule has 1 aromatic heterocycles. The van der Waals surface area contributed by atoms with E-state index in [4.69, 9.17) is 4.74 Å². The van der Waals surface area contributed by atoms with Crippen LogP contribution < -0.4 is 5.32 Å². The Morgan fingerprint density at radius 2 is 2.26 bits per heavy atom. The van der Waals surface area contributed by atoms with Crippen molar-refractivity contribution in [3.63, 3.8) is 0 Å². The van der Waals surface area contributed by atoms with Crippen molar-refractivity contribution in [1.82, 2.24) is 9.88 Å². The largest absolute Gasteiger partial charge is 0.444 e. The van der Waals surface area contributed by atoms with E-state index in [1.165, 1.54) is 4.90 Å². The second kappa shape index (κ2) is 8.06. The molecule has 0 aromatic carbocycles. The summed E-state index contributed by atoms with van der Waals surface area (Å²) in [5, 5.41) is 33.4. The molecule has 11 heteroatoms. The van der Waals surface area contributed by atoms with Crippen molar-refractivity contribution < 1.29 is 19.6 Å². The summed E-state index contributed by atoms with van der Waals surface area (Å²) in [4.78, 5) is 28.0. The first-order valence-corrected chi connectivity index (χ1v) is 8.98. The van der Waals surface area contributed by atoms with E-state index in [1.807, 2.05) is 0 Å². The number of rotatable bonds is 3. The van der Waals surface area contributed by atoms with Gasteiger partial charge in [-0.1, -0.05) is 0 Å². The lowest BCUT2D eigenvalue weighted by molar-refractivity contribution is -0.385. The zero-order valence-corrected chi connectivity index (χ0v) is 16.7. The molecule has 2 rings (SSSR count). The fourth-order valence-electron chi connectivity index (χ4n) is 2.57. The Morgan fingerprint density at radius 1 is 1.59 bits per heavy atom. The number of likely N-dealkylation sites (tertiary alicyclic amines) is 1. The molecule has 2 atom stereocenters. The first kappa shape index (κ1) is 20.9. The number of nitro groups is 1. The number of aliphatic hydroxyl groups excluding tert-OH is 1. The SMILES string of the molecule is CC(C)(C)OC(=O)N1CC[C@H](O)[C@H](Nc2ncc([N+](=O)[O-])c(C#N)c2Br)C1. The smallest absolute Gasteiger partial charge is 0.410 e. The number of halogens is 1. The Morgan fingerprint density at radius 3 is 2.81 bits per heavy atom. The summed E-state index contributed by atoms with van der Waals surface area (Å²) in [6, 6.07) is 1.19. The molecular formula is C16H20BrN5O5. The van der Waals surface area contributed by atoms with Crippen molar-refractivity contribution in [2.75, 3.05) is 18.4 Å². The highest BCUT2D eigenvalue weighted by Gasteiger charge is 2.33. The van der Waals surface area contributed by atoms with Crippen molar-refractivity contribution in [2.24, 2.45) is 0 Å². The molecule has 2 N–H and O–H groups in total. The van der Waals surface area contributed by atoms with E-state index >= 15 is 0 Å². The monoisotopic (exact) mass is 441 g/mol. The standard InChI is InChI=1S/C16H20BrN5O5/c1-16(2,3)27-15(24)21-5-4-12(23)10(8-21)20-14-13(17)9(6-18)11(7-19-14)22(25)26/h7,10,12,23H,4-5,8H2,1-3H3,(H,19,20)/t10-,12+/m1/s1. The lowest BCUT2D eigenvalue weighted by Gasteiger charge is -2.37. The van der Waals surface area contributed by atoms with Crippen LogP contribution in [0.3, 0.4) is 0 Å². The number of carbonyl (C=O) groups is 1. The van der Waals surface area contributed by atoms with Crippen molar-refractivity contribution in [2.45, 2.75) is 44.9 Å². The number of aliphatic hydroxyl groups is 1. The van der Waals surface area contributed by atoms with Gasteiger partial charge in [0.25, 0.3) is 0 Å². The maximum Gasteiger partial charge on any atom is 0.410 e. The number of ether oxygens (including phenoxy) is 1. The molecule has 146 valence electrons. The van der Waals surface area contributed by atoms with E-state index in [-0.39, 0.29) is 22.4 Å². The number of carbonyl (C=O) groups excluding carboxylic acids is 1. The Labute approximate surface area is 164 Å². The van der Waals surface area contributed by atoms with Crippen LogP contribution >= 0.6 is 15.9 Å². The number of nitrogens with zero attached hydrogens (tertiary/aromatic N) is 4. The van der Waals surface area contributed by atoms with Gasteiger partial charge >= 0.3 is 11.8 Å². The lowest BCUT2D eigenvalue weighted by Crippen LogP contribution is -2.53. The third kappa shape index (κ3) is 5.05. The topological polar surface area (TPSA) is 142 Å². The van der Waals surface area contributed by atoms with Crippen LogP contribution in [-0.4, -0.2) is 56.8 Å². The van der Waals surface area contributed by atoms with Crippen LogP contribution in [-0.2, 0) is 4.74 Å². The molecule has 0 saturated carbocycles. The second-order valence-electron chi connectivity index (χ2n) is 7.08. The number of nitriles is 1. The van der Waals surface area contributed by atoms with Crippen molar-refractivity contribution in [1.29, 1.82) is 5.26 Å². The number of amides is 1. The molecule has 1 aliphatic rings. The summed E-state index contributed by atoms with van der Waals surface area (Å²) in [6.45, 7) is 5.79. The van der Waals surface area contributed by atoms with Crippen LogP contribution in [0, 0.1) is 21.4 Å². The molecule has 0 aliphatic carbocycles. The molecule has 0 unspecified atom stereocenters. The number of hydrogen-bond donors (Lipinski definition) is 2. The normalized spacial score (nSPS) is 19.9. The number of anilines is 1. The third-order valence-electron chi connectivity index (χ3n) is 3.86. The highest BCUT2D eigenvalue weighted by Crippen LogP contribution is 2.32. The van der Waals surface area contributed by atoms with Crippen molar-refractivity contribution in [3.05, 3.63) is 26.3 Å². The molecule has 0 bridgehead atoms. The zero-order chi connectivity index (χ0) is 20.4. The molecule has 27 heavy (non-hydrogen) atoms. The Hall–Kier alpha value is -2.45. The minimum Gasteiger partial charge on any atom is -0.444 e. The summed E-state index contributed by atoms with van der Waals surface area (Å²) in [5.74, 6) is 0.173. The minimum atomic E-state index is -0.766. The number of piperidine rings is 1. The molecule has 1 saturated heterocycles. The van der Waals surface area contributed by atoms with Gasteiger partial charge in [-0.15, -0.1) is 0 Å². The van der Waals surface area contributed by atoms with Crippen LogP contribution in [0.25, 0.3) is 0 Å². The molecule has 1 aliphatic heterocycles. The maximum absolute atomic E-state index is 12.3. The Bertz CT molecular complexity index is 789. The quantitative estimate of drug-likeness (QED) is 0.537. The van der Waals surface area contributed by atoms with E-state index < -0.39 is 34.5 Å². The zero-order valence-electron chi connectivity index (χ0n) is 15.1. The molecule has 1 amide bonds. The number of pyridine rings is 1. The summed E-state index contributed by atoms with van der Waals surface area (Å²) < 4.78 is 5.47. The fourth-order valence-corrected chi connectivity index (χ4v) is 3.08. The summed E-state index contributed by atoms with van der Waals surface area (Å²) >= 11 is 3.15. The lowest BCUT2D eigenvalue weighted by atomic mass is 10.0. The summed E-state index contributed by atoms with van der Waals surface area (Å²) in [6.07, 6.45) is 0.0480. The van der Waals surface area contributed by atoms with E-state index in [1.54, 1.807) is 26.8 Å². The maximum atomic E-state index is 12.3.